The molecule has 0 aliphatic carbocycles. The van der Waals surface area contributed by atoms with Gasteiger partial charge in [-0.1, -0.05) is 97.3 Å². The highest BCUT2D eigenvalue weighted by Crippen LogP contribution is 2.55. The molecule has 0 aromatic carbocycles. The minimum atomic E-state index is -3.68. The number of carbonyl (C=O) groups is 1. The van der Waals surface area contributed by atoms with Gasteiger partial charge in [0.25, 0.3) is 0 Å². The van der Waals surface area contributed by atoms with E-state index in [-0.39, 0.29) is 25.1 Å². The van der Waals surface area contributed by atoms with Crippen molar-refractivity contribution in [3.05, 3.63) is 11.3 Å². The van der Waals surface area contributed by atoms with Crippen LogP contribution in [0.15, 0.2) is 11.3 Å². The second kappa shape index (κ2) is 15.9. The maximum atomic E-state index is 13.0. The van der Waals surface area contributed by atoms with Gasteiger partial charge < -0.3 is 9.26 Å². The molecule has 0 radical (unpaired) electrons. The van der Waals surface area contributed by atoms with Gasteiger partial charge in [-0.05, 0) is 12.8 Å². The fourth-order valence-corrected chi connectivity index (χ4v) is 5.67. The van der Waals surface area contributed by atoms with Crippen LogP contribution in [0.1, 0.15) is 117 Å². The van der Waals surface area contributed by atoms with Gasteiger partial charge in [-0.25, -0.2) is 9.36 Å². The van der Waals surface area contributed by atoms with Gasteiger partial charge >= 0.3 is 13.8 Å². The zero-order valence-electron chi connectivity index (χ0n) is 20.4. The highest BCUT2D eigenvalue weighted by molar-refractivity contribution is 7.48. The number of ether oxygens (including phenoxy) is 1. The van der Waals surface area contributed by atoms with Crippen molar-refractivity contribution in [1.82, 2.24) is 0 Å². The highest BCUT2D eigenvalue weighted by Gasteiger charge is 2.43. The lowest BCUT2D eigenvalue weighted by Crippen LogP contribution is -2.10. The number of phosphoric acid groups is 1. The summed E-state index contributed by atoms with van der Waals surface area (Å²) < 4.78 is 34.7. The fourth-order valence-electron chi connectivity index (χ4n) is 4.31. The van der Waals surface area contributed by atoms with Crippen molar-refractivity contribution in [2.45, 2.75) is 117 Å². The molecule has 186 valence electrons. The third kappa shape index (κ3) is 9.97. The third-order valence-corrected chi connectivity index (χ3v) is 7.63. The minimum absolute atomic E-state index is 0.129. The number of phosphoric ester groups is 1. The molecule has 0 bridgehead atoms. The largest absolute Gasteiger partial charge is 0.529 e. The number of hydrogen-bond acceptors (Lipinski definition) is 6. The minimum Gasteiger partial charge on any atom is -0.461 e. The Balaban J connectivity index is 1.52. The van der Waals surface area contributed by atoms with Gasteiger partial charge in [-0.15, -0.1) is 0 Å². The van der Waals surface area contributed by atoms with Crippen LogP contribution in [-0.2, 0) is 27.7 Å². The van der Waals surface area contributed by atoms with Crippen LogP contribution in [0.4, 0.5) is 0 Å². The summed E-state index contributed by atoms with van der Waals surface area (Å²) in [7, 11) is -3.68. The van der Waals surface area contributed by atoms with E-state index < -0.39 is 7.82 Å². The molecule has 7 heteroatoms. The Morgan fingerprint density at radius 1 is 0.812 bits per heavy atom. The Hall–Kier alpha value is -0.840. The Kier molecular flexibility index (Phi) is 13.6. The fraction of sp³-hybridized carbons (Fsp3) is 0.880. The van der Waals surface area contributed by atoms with Crippen molar-refractivity contribution < 1.29 is 27.7 Å². The van der Waals surface area contributed by atoms with Crippen molar-refractivity contribution >= 4 is 13.8 Å². The monoisotopic (exact) mass is 472 g/mol. The van der Waals surface area contributed by atoms with Crippen LogP contribution in [0.2, 0.25) is 0 Å². The first-order valence-corrected chi connectivity index (χ1v) is 14.5. The lowest BCUT2D eigenvalue weighted by Gasteiger charge is -2.18. The number of hydrogen-bond donors (Lipinski definition) is 0. The van der Waals surface area contributed by atoms with E-state index in [1.54, 1.807) is 0 Å². The third-order valence-electron chi connectivity index (χ3n) is 6.22. The predicted octanol–water partition coefficient (Wildman–Crippen LogP) is 7.87. The van der Waals surface area contributed by atoms with Gasteiger partial charge in [0.2, 0.25) is 0 Å². The van der Waals surface area contributed by atoms with Gasteiger partial charge in [-0.3, -0.25) is 9.05 Å². The Morgan fingerprint density at radius 2 is 1.38 bits per heavy atom. The smallest absolute Gasteiger partial charge is 0.461 e. The molecule has 2 rings (SSSR count). The molecule has 0 unspecified atom stereocenters. The van der Waals surface area contributed by atoms with E-state index in [1.165, 1.54) is 77.0 Å². The molecule has 0 aromatic rings. The first kappa shape index (κ1) is 27.4. The molecule has 0 amide bonds. The van der Waals surface area contributed by atoms with Crippen LogP contribution >= 0.6 is 7.82 Å². The molecule has 2 atom stereocenters. The van der Waals surface area contributed by atoms with Crippen molar-refractivity contribution in [3.63, 3.8) is 0 Å². The van der Waals surface area contributed by atoms with Crippen LogP contribution in [0.25, 0.3) is 0 Å². The van der Waals surface area contributed by atoms with Crippen molar-refractivity contribution in [1.29, 1.82) is 0 Å². The van der Waals surface area contributed by atoms with E-state index >= 15 is 0 Å². The number of carbonyl (C=O) groups excluding carboxylic acids is 1. The first-order chi connectivity index (χ1) is 15.6. The van der Waals surface area contributed by atoms with E-state index in [1.807, 2.05) is 6.92 Å². The van der Waals surface area contributed by atoms with Gasteiger partial charge in [0.1, 0.15) is 12.4 Å². The molecule has 0 spiro atoms. The Labute approximate surface area is 195 Å². The quantitative estimate of drug-likeness (QED) is 0.115. The normalized spacial score (nSPS) is 23.1. The number of unbranched alkanes of at least 4 members (excludes halogenated alkanes) is 13. The molecular weight excluding hydrogens is 427 g/mol. The first-order valence-electron chi connectivity index (χ1n) is 13.1. The average molecular weight is 473 g/mol. The SMILES string of the molecule is CCCCCCCCCCCCCCCCO[P@@]1(=O)OC[C@H]2COC(=O)C2=C(CCC)O1. The topological polar surface area (TPSA) is 71.1 Å². The van der Waals surface area contributed by atoms with E-state index in [4.69, 9.17) is 18.3 Å². The zero-order valence-corrected chi connectivity index (χ0v) is 21.3. The molecular formula is C25H45O6P. The molecule has 2 aliphatic rings. The van der Waals surface area contributed by atoms with Crippen LogP contribution in [0.3, 0.4) is 0 Å². The molecule has 0 aromatic heterocycles. The molecule has 6 nitrogen and oxygen atoms in total. The zero-order chi connectivity index (χ0) is 23.1. The lowest BCUT2D eigenvalue weighted by atomic mass is 10.0. The van der Waals surface area contributed by atoms with E-state index in [2.05, 4.69) is 6.92 Å². The second-order valence-electron chi connectivity index (χ2n) is 9.15. The summed E-state index contributed by atoms with van der Waals surface area (Å²) in [5.41, 5.74) is 0.477. The molecule has 2 aliphatic heterocycles. The lowest BCUT2D eigenvalue weighted by molar-refractivity contribution is -0.135. The number of cyclic esters (lactones) is 1. The van der Waals surface area contributed by atoms with Gasteiger partial charge in [0.05, 0.1) is 24.7 Å². The van der Waals surface area contributed by atoms with Gasteiger partial charge in [0.15, 0.2) is 0 Å². The van der Waals surface area contributed by atoms with Crippen molar-refractivity contribution in [2.75, 3.05) is 19.8 Å². The van der Waals surface area contributed by atoms with E-state index in [0.717, 1.165) is 19.3 Å². The summed E-state index contributed by atoms with van der Waals surface area (Å²) in [6.45, 7) is 4.98. The number of esters is 1. The van der Waals surface area contributed by atoms with Crippen molar-refractivity contribution in [2.24, 2.45) is 5.92 Å². The van der Waals surface area contributed by atoms with Crippen LogP contribution in [0.5, 0.6) is 0 Å². The standard InChI is InChI=1S/C25H45O6P/c1-3-5-6-7-8-9-10-11-12-13-14-15-16-17-19-29-32(27)30-21-22-20-28-25(26)24(22)23(31-32)18-4-2/h22H,3-21H2,1-2H3/t22-,32+/m1/s1. The summed E-state index contributed by atoms with van der Waals surface area (Å²) in [5, 5.41) is 0. The molecule has 1 saturated heterocycles. The van der Waals surface area contributed by atoms with Crippen LogP contribution in [-0.4, -0.2) is 25.8 Å². The van der Waals surface area contributed by atoms with Gasteiger partial charge in [-0.2, -0.15) is 0 Å². The van der Waals surface area contributed by atoms with Crippen LogP contribution in [0, 0.1) is 5.92 Å². The maximum absolute atomic E-state index is 13.0. The van der Waals surface area contributed by atoms with E-state index in [9.17, 15) is 9.36 Å². The molecule has 0 N–H and O–H groups in total. The summed E-state index contributed by atoms with van der Waals surface area (Å²) in [6, 6.07) is 0. The predicted molar refractivity (Wildman–Crippen MR) is 127 cm³/mol. The number of allylic oxidation sites excluding steroid dienone is 1. The van der Waals surface area contributed by atoms with Crippen LogP contribution < -0.4 is 0 Å². The Morgan fingerprint density at radius 3 is 1.94 bits per heavy atom. The second-order valence-corrected chi connectivity index (χ2v) is 10.7. The number of fused-ring (bicyclic) bond motifs is 1. The molecule has 0 saturated carbocycles. The Bertz CT molecular complexity index is 618. The van der Waals surface area contributed by atoms with Crippen molar-refractivity contribution in [3.8, 4) is 0 Å². The summed E-state index contributed by atoms with van der Waals surface area (Å²) in [6.07, 6.45) is 19.3. The molecule has 2 heterocycles. The molecule has 32 heavy (non-hydrogen) atoms. The molecule has 1 fully saturated rings. The maximum Gasteiger partial charge on any atom is 0.529 e. The number of rotatable bonds is 18. The van der Waals surface area contributed by atoms with Gasteiger partial charge in [0, 0.05) is 6.42 Å². The average Bonchev–Trinajstić information content (AvgIpc) is 3.08. The highest BCUT2D eigenvalue weighted by atomic mass is 31.2. The summed E-state index contributed by atoms with van der Waals surface area (Å²) >= 11 is 0. The van der Waals surface area contributed by atoms with E-state index in [0.29, 0.717) is 24.4 Å². The summed E-state index contributed by atoms with van der Waals surface area (Å²) in [5.74, 6) is -0.186. The summed E-state index contributed by atoms with van der Waals surface area (Å²) in [4.78, 5) is 12.0.